The second-order valence-electron chi connectivity index (χ2n) is 5.71. The summed E-state index contributed by atoms with van der Waals surface area (Å²) in [4.78, 5) is 26.5. The van der Waals surface area contributed by atoms with E-state index in [4.69, 9.17) is 11.6 Å². The fourth-order valence-corrected chi connectivity index (χ4v) is 2.67. The molecule has 0 spiro atoms. The van der Waals surface area contributed by atoms with Crippen molar-refractivity contribution >= 4 is 34.8 Å². The van der Waals surface area contributed by atoms with Crippen LogP contribution in [0.4, 0.5) is 11.4 Å². The Bertz CT molecular complexity index is 924. The van der Waals surface area contributed by atoms with Crippen LogP contribution >= 0.6 is 11.6 Å². The maximum atomic E-state index is 12.6. The van der Waals surface area contributed by atoms with Gasteiger partial charge in [0.25, 0.3) is 11.8 Å². The van der Waals surface area contributed by atoms with Gasteiger partial charge in [0.2, 0.25) is 0 Å². The number of rotatable bonds is 4. The number of carbonyl (C=O) groups excluding carboxylic acids is 2. The maximum absolute atomic E-state index is 12.6. The molecule has 0 bridgehead atoms. The van der Waals surface area contributed by atoms with Gasteiger partial charge in [-0.1, -0.05) is 41.9 Å². The minimum Gasteiger partial charge on any atom is -0.321 e. The Balaban J connectivity index is 1.73. The van der Waals surface area contributed by atoms with Crippen molar-refractivity contribution in [2.24, 2.45) is 0 Å². The molecule has 4 nitrogen and oxygen atoms in total. The van der Waals surface area contributed by atoms with E-state index in [0.717, 1.165) is 5.69 Å². The average molecular weight is 365 g/mol. The van der Waals surface area contributed by atoms with Gasteiger partial charge in [-0.3, -0.25) is 9.59 Å². The van der Waals surface area contributed by atoms with E-state index in [-0.39, 0.29) is 11.8 Å². The predicted octanol–water partition coefficient (Wildman–Crippen LogP) is 4.87. The van der Waals surface area contributed by atoms with Gasteiger partial charge in [-0.25, -0.2) is 0 Å². The van der Waals surface area contributed by atoms with Crippen molar-refractivity contribution in [3.05, 3.63) is 95.0 Å². The van der Waals surface area contributed by atoms with Crippen molar-refractivity contribution in [3.63, 3.8) is 0 Å². The zero-order chi connectivity index (χ0) is 18.5. The fraction of sp³-hybridized carbons (Fsp3) is 0.0476. The van der Waals surface area contributed by atoms with E-state index < -0.39 is 0 Å². The minimum atomic E-state index is -0.284. The normalized spacial score (nSPS) is 10.2. The van der Waals surface area contributed by atoms with Gasteiger partial charge >= 0.3 is 0 Å². The SMILES string of the molecule is CN(C(=O)c1ccc(C(=O)Nc2ccccc2Cl)cc1)c1ccccc1. The highest BCUT2D eigenvalue weighted by atomic mass is 35.5. The molecule has 0 fully saturated rings. The largest absolute Gasteiger partial charge is 0.321 e. The van der Waals surface area contributed by atoms with Crippen LogP contribution in [0.5, 0.6) is 0 Å². The van der Waals surface area contributed by atoms with E-state index in [1.165, 1.54) is 0 Å². The second kappa shape index (κ2) is 7.85. The second-order valence-corrected chi connectivity index (χ2v) is 6.12. The van der Waals surface area contributed by atoms with Crippen molar-refractivity contribution in [2.45, 2.75) is 0 Å². The molecule has 130 valence electrons. The first kappa shape index (κ1) is 17.7. The lowest BCUT2D eigenvalue weighted by Crippen LogP contribution is -2.26. The molecule has 3 aromatic rings. The summed E-state index contributed by atoms with van der Waals surface area (Å²) in [7, 11) is 1.72. The predicted molar refractivity (Wildman–Crippen MR) is 105 cm³/mol. The Kier molecular flexibility index (Phi) is 5.34. The third kappa shape index (κ3) is 3.92. The van der Waals surface area contributed by atoms with Crippen molar-refractivity contribution in [3.8, 4) is 0 Å². The molecule has 0 aliphatic rings. The Morgan fingerprint density at radius 3 is 2.04 bits per heavy atom. The third-order valence-electron chi connectivity index (χ3n) is 3.96. The lowest BCUT2D eigenvalue weighted by molar-refractivity contribution is 0.0989. The molecular weight excluding hydrogens is 348 g/mol. The lowest BCUT2D eigenvalue weighted by Gasteiger charge is -2.17. The van der Waals surface area contributed by atoms with E-state index in [1.807, 2.05) is 30.3 Å². The number of nitrogens with one attached hydrogen (secondary N) is 1. The molecule has 1 N–H and O–H groups in total. The highest BCUT2D eigenvalue weighted by Crippen LogP contribution is 2.21. The number of carbonyl (C=O) groups is 2. The van der Waals surface area contributed by atoms with Crippen LogP contribution in [0.3, 0.4) is 0 Å². The summed E-state index contributed by atoms with van der Waals surface area (Å²) in [5.74, 6) is -0.428. The van der Waals surface area contributed by atoms with Crippen LogP contribution < -0.4 is 10.2 Å². The average Bonchev–Trinajstić information content (AvgIpc) is 2.69. The van der Waals surface area contributed by atoms with Gasteiger partial charge in [-0.15, -0.1) is 0 Å². The summed E-state index contributed by atoms with van der Waals surface area (Å²) in [6, 6.07) is 22.9. The van der Waals surface area contributed by atoms with E-state index in [1.54, 1.807) is 60.5 Å². The molecule has 0 aliphatic heterocycles. The zero-order valence-corrected chi connectivity index (χ0v) is 14.9. The lowest BCUT2D eigenvalue weighted by atomic mass is 10.1. The van der Waals surface area contributed by atoms with Crippen LogP contribution in [-0.2, 0) is 0 Å². The third-order valence-corrected chi connectivity index (χ3v) is 4.29. The molecule has 0 saturated heterocycles. The van der Waals surface area contributed by atoms with Crippen molar-refractivity contribution < 1.29 is 9.59 Å². The fourth-order valence-electron chi connectivity index (χ4n) is 2.48. The first-order valence-corrected chi connectivity index (χ1v) is 8.43. The molecule has 2 amide bonds. The van der Waals surface area contributed by atoms with Gasteiger partial charge < -0.3 is 10.2 Å². The van der Waals surface area contributed by atoms with E-state index >= 15 is 0 Å². The molecular formula is C21H17ClN2O2. The number of anilines is 2. The van der Waals surface area contributed by atoms with Crippen LogP contribution in [0.15, 0.2) is 78.9 Å². The summed E-state index contributed by atoms with van der Waals surface area (Å²) < 4.78 is 0. The topological polar surface area (TPSA) is 49.4 Å². The highest BCUT2D eigenvalue weighted by Gasteiger charge is 2.14. The molecule has 26 heavy (non-hydrogen) atoms. The van der Waals surface area contributed by atoms with Crippen molar-refractivity contribution in [1.29, 1.82) is 0 Å². The molecule has 0 heterocycles. The molecule has 0 aromatic heterocycles. The quantitative estimate of drug-likeness (QED) is 0.718. The molecule has 3 aromatic carbocycles. The molecule has 0 atom stereocenters. The molecule has 0 saturated carbocycles. The number of amides is 2. The zero-order valence-electron chi connectivity index (χ0n) is 14.1. The Labute approximate surface area is 157 Å². The number of para-hydroxylation sites is 2. The van der Waals surface area contributed by atoms with Crippen molar-refractivity contribution in [2.75, 3.05) is 17.3 Å². The monoisotopic (exact) mass is 364 g/mol. The molecule has 0 unspecified atom stereocenters. The molecule has 0 radical (unpaired) electrons. The molecule has 5 heteroatoms. The van der Waals surface area contributed by atoms with Gasteiger partial charge in [-0.2, -0.15) is 0 Å². The Morgan fingerprint density at radius 2 is 1.38 bits per heavy atom. The molecule has 3 rings (SSSR count). The van der Waals surface area contributed by atoms with E-state index in [9.17, 15) is 9.59 Å². The number of benzene rings is 3. The van der Waals surface area contributed by atoms with Gasteiger partial charge in [0.15, 0.2) is 0 Å². The van der Waals surface area contributed by atoms with Gasteiger partial charge in [-0.05, 0) is 48.5 Å². The Morgan fingerprint density at radius 1 is 0.808 bits per heavy atom. The van der Waals surface area contributed by atoms with Crippen LogP contribution in [0, 0.1) is 0 Å². The van der Waals surface area contributed by atoms with E-state index in [2.05, 4.69) is 5.32 Å². The number of halogens is 1. The summed E-state index contributed by atoms with van der Waals surface area (Å²) in [6.45, 7) is 0. The first-order chi connectivity index (χ1) is 12.6. The van der Waals surface area contributed by atoms with Gasteiger partial charge in [0.1, 0.15) is 0 Å². The maximum Gasteiger partial charge on any atom is 0.258 e. The number of nitrogens with zero attached hydrogens (tertiary/aromatic N) is 1. The standard InChI is InChI=1S/C21H17ClN2O2/c1-24(17-7-3-2-4-8-17)21(26)16-13-11-15(12-14-16)20(25)23-19-10-6-5-9-18(19)22/h2-14H,1H3,(H,23,25). The summed E-state index contributed by atoms with van der Waals surface area (Å²) in [6.07, 6.45) is 0. The Hall–Kier alpha value is -3.11. The minimum absolute atomic E-state index is 0.144. The first-order valence-electron chi connectivity index (χ1n) is 8.05. The van der Waals surface area contributed by atoms with Gasteiger partial charge in [0, 0.05) is 23.9 Å². The van der Waals surface area contributed by atoms with Crippen molar-refractivity contribution in [1.82, 2.24) is 0 Å². The van der Waals surface area contributed by atoms with Gasteiger partial charge in [0.05, 0.1) is 10.7 Å². The molecule has 0 aliphatic carbocycles. The smallest absolute Gasteiger partial charge is 0.258 e. The number of hydrogen-bond donors (Lipinski definition) is 1. The van der Waals surface area contributed by atoms with Crippen LogP contribution in [-0.4, -0.2) is 18.9 Å². The summed E-state index contributed by atoms with van der Waals surface area (Å²) in [5.41, 5.74) is 2.30. The summed E-state index contributed by atoms with van der Waals surface area (Å²) >= 11 is 6.05. The van der Waals surface area contributed by atoms with Crippen LogP contribution in [0.2, 0.25) is 5.02 Å². The highest BCUT2D eigenvalue weighted by molar-refractivity contribution is 6.33. The summed E-state index contributed by atoms with van der Waals surface area (Å²) in [5, 5.41) is 3.23. The van der Waals surface area contributed by atoms with Crippen LogP contribution in [0.25, 0.3) is 0 Å². The van der Waals surface area contributed by atoms with E-state index in [0.29, 0.717) is 21.8 Å². The van der Waals surface area contributed by atoms with Crippen LogP contribution in [0.1, 0.15) is 20.7 Å². The number of hydrogen-bond acceptors (Lipinski definition) is 2.